The second-order valence-electron chi connectivity index (χ2n) is 8.70. The zero-order valence-corrected chi connectivity index (χ0v) is 20.0. The number of carbonyl (C=O) groups is 2. The highest BCUT2D eigenvalue weighted by atomic mass is 35.5. The van der Waals surface area contributed by atoms with E-state index in [0.717, 1.165) is 5.56 Å². The summed E-state index contributed by atoms with van der Waals surface area (Å²) in [6, 6.07) is 20.1. The van der Waals surface area contributed by atoms with Gasteiger partial charge in [0.25, 0.3) is 5.91 Å². The maximum Gasteiger partial charge on any atom is 0.257 e. The smallest absolute Gasteiger partial charge is 0.257 e. The van der Waals surface area contributed by atoms with Gasteiger partial charge in [-0.2, -0.15) is 0 Å². The molecule has 2 aliphatic heterocycles. The van der Waals surface area contributed by atoms with Crippen molar-refractivity contribution < 1.29 is 23.8 Å². The lowest BCUT2D eigenvalue weighted by Crippen LogP contribution is -2.40. The molecule has 7 heteroatoms. The van der Waals surface area contributed by atoms with Crippen molar-refractivity contribution in [1.82, 2.24) is 4.90 Å². The van der Waals surface area contributed by atoms with Crippen LogP contribution in [0.2, 0.25) is 5.02 Å². The average molecular weight is 492 g/mol. The van der Waals surface area contributed by atoms with Gasteiger partial charge in [-0.15, -0.1) is 0 Å². The van der Waals surface area contributed by atoms with Gasteiger partial charge < -0.3 is 19.1 Å². The van der Waals surface area contributed by atoms with Gasteiger partial charge in [0.2, 0.25) is 0 Å². The third-order valence-corrected chi connectivity index (χ3v) is 6.66. The lowest BCUT2D eigenvalue weighted by molar-refractivity contribution is 0.0646. The summed E-state index contributed by atoms with van der Waals surface area (Å²) < 4.78 is 17.1. The van der Waals surface area contributed by atoms with Crippen molar-refractivity contribution in [3.63, 3.8) is 0 Å². The fourth-order valence-electron chi connectivity index (χ4n) is 4.46. The number of benzene rings is 3. The lowest BCUT2D eigenvalue weighted by Gasteiger charge is -2.32. The number of carbonyl (C=O) groups excluding carboxylic acids is 2. The van der Waals surface area contributed by atoms with Gasteiger partial charge in [-0.1, -0.05) is 35.9 Å². The number of nitrogens with zero attached hydrogens (tertiary/aromatic N) is 1. The molecular weight excluding hydrogens is 466 g/mol. The molecule has 6 nitrogen and oxygen atoms in total. The molecule has 0 saturated carbocycles. The van der Waals surface area contributed by atoms with E-state index < -0.39 is 0 Å². The highest BCUT2D eigenvalue weighted by molar-refractivity contribution is 6.30. The minimum atomic E-state index is -0.127. The van der Waals surface area contributed by atoms with Crippen molar-refractivity contribution in [2.45, 2.75) is 19.4 Å². The summed E-state index contributed by atoms with van der Waals surface area (Å²) in [6.07, 6.45) is 1.24. The van der Waals surface area contributed by atoms with Crippen LogP contribution >= 0.6 is 11.6 Å². The van der Waals surface area contributed by atoms with Crippen LogP contribution in [-0.4, -0.2) is 42.9 Å². The number of para-hydroxylation sites is 1. The Morgan fingerprint density at radius 1 is 0.914 bits per heavy atom. The lowest BCUT2D eigenvalue weighted by atomic mass is 9.88. The minimum Gasteiger partial charge on any atom is -0.488 e. The normalized spacial score (nSPS) is 15.5. The third-order valence-electron chi connectivity index (χ3n) is 6.40. The standard InChI is InChI=1S/C28H26ClNO5/c29-22-8-5-19(6-9-22)18-35-24-4-2-1-3-23(24)28(32)30-13-11-20(12-14-30)27(31)21-7-10-25-26(17-21)34-16-15-33-25/h1-10,17,20H,11-16,18H2. The number of rotatable bonds is 6. The van der Waals surface area contributed by atoms with Gasteiger partial charge in [-0.25, -0.2) is 0 Å². The van der Waals surface area contributed by atoms with Crippen LogP contribution in [0.5, 0.6) is 17.2 Å². The Bertz CT molecular complexity index is 1220. The molecule has 0 radical (unpaired) electrons. The predicted molar refractivity (Wildman–Crippen MR) is 133 cm³/mol. The second kappa shape index (κ2) is 10.4. The Morgan fingerprint density at radius 3 is 2.40 bits per heavy atom. The number of Topliss-reactive ketones (excluding diaryl/α,β-unsaturated/α-hetero) is 1. The summed E-state index contributed by atoms with van der Waals surface area (Å²) in [4.78, 5) is 28.2. The molecule has 2 heterocycles. The molecule has 180 valence electrons. The molecule has 0 spiro atoms. The maximum absolute atomic E-state index is 13.3. The third kappa shape index (κ3) is 5.28. The molecule has 1 saturated heterocycles. The molecule has 1 amide bonds. The van der Waals surface area contributed by atoms with E-state index in [4.69, 9.17) is 25.8 Å². The summed E-state index contributed by atoms with van der Waals surface area (Å²) in [7, 11) is 0. The number of amides is 1. The molecule has 0 aliphatic carbocycles. The summed E-state index contributed by atoms with van der Waals surface area (Å²) >= 11 is 5.95. The molecular formula is C28H26ClNO5. The first-order valence-corrected chi connectivity index (χ1v) is 12.2. The molecule has 5 rings (SSSR count). The van der Waals surface area contributed by atoms with E-state index in [9.17, 15) is 9.59 Å². The maximum atomic E-state index is 13.3. The van der Waals surface area contributed by atoms with Crippen LogP contribution < -0.4 is 14.2 Å². The van der Waals surface area contributed by atoms with Crippen LogP contribution in [0.4, 0.5) is 0 Å². The summed E-state index contributed by atoms with van der Waals surface area (Å²) in [5.74, 6) is 1.71. The molecule has 0 N–H and O–H groups in total. The van der Waals surface area contributed by atoms with Crippen LogP contribution in [0.1, 0.15) is 39.1 Å². The Balaban J connectivity index is 1.21. The number of fused-ring (bicyclic) bond motifs is 1. The van der Waals surface area contributed by atoms with E-state index >= 15 is 0 Å². The molecule has 1 fully saturated rings. The molecule has 0 atom stereocenters. The van der Waals surface area contributed by atoms with Crippen LogP contribution in [0.3, 0.4) is 0 Å². The van der Waals surface area contributed by atoms with Crippen molar-refractivity contribution in [1.29, 1.82) is 0 Å². The second-order valence-corrected chi connectivity index (χ2v) is 9.14. The summed E-state index contributed by atoms with van der Waals surface area (Å²) in [6.45, 7) is 2.38. The molecule has 3 aromatic carbocycles. The topological polar surface area (TPSA) is 65.1 Å². The van der Waals surface area contributed by atoms with Crippen molar-refractivity contribution in [3.8, 4) is 17.2 Å². The summed E-state index contributed by atoms with van der Waals surface area (Å²) in [5.41, 5.74) is 2.12. The van der Waals surface area contributed by atoms with Crippen LogP contribution in [0, 0.1) is 5.92 Å². The number of halogens is 1. The molecule has 0 bridgehead atoms. The van der Waals surface area contributed by atoms with Gasteiger partial charge in [0.15, 0.2) is 17.3 Å². The van der Waals surface area contributed by atoms with Gasteiger partial charge in [0.05, 0.1) is 5.56 Å². The zero-order valence-electron chi connectivity index (χ0n) is 19.2. The van der Waals surface area contributed by atoms with E-state index in [-0.39, 0.29) is 17.6 Å². The average Bonchev–Trinajstić information content (AvgIpc) is 2.92. The first kappa shape index (κ1) is 23.2. The number of piperidine rings is 1. The highest BCUT2D eigenvalue weighted by Crippen LogP contribution is 2.33. The van der Waals surface area contributed by atoms with Gasteiger partial charge in [0, 0.05) is 29.6 Å². The number of likely N-dealkylation sites (tertiary alicyclic amines) is 1. The van der Waals surface area contributed by atoms with Gasteiger partial charge in [-0.3, -0.25) is 9.59 Å². The molecule has 3 aromatic rings. The molecule has 35 heavy (non-hydrogen) atoms. The van der Waals surface area contributed by atoms with Crippen LogP contribution in [0.15, 0.2) is 66.7 Å². The fraction of sp³-hybridized carbons (Fsp3) is 0.286. The Morgan fingerprint density at radius 2 is 1.63 bits per heavy atom. The van der Waals surface area contributed by atoms with E-state index in [1.54, 1.807) is 35.2 Å². The van der Waals surface area contributed by atoms with E-state index in [2.05, 4.69) is 0 Å². The number of ketones is 1. The zero-order chi connectivity index (χ0) is 24.2. The van der Waals surface area contributed by atoms with Crippen LogP contribution in [-0.2, 0) is 6.61 Å². The minimum absolute atomic E-state index is 0.0815. The molecule has 2 aliphatic rings. The first-order valence-electron chi connectivity index (χ1n) is 11.8. The Kier molecular flexibility index (Phi) is 6.91. The van der Waals surface area contributed by atoms with Crippen molar-refractivity contribution in [2.75, 3.05) is 26.3 Å². The number of hydrogen-bond acceptors (Lipinski definition) is 5. The van der Waals surface area contributed by atoms with Crippen molar-refractivity contribution in [2.24, 2.45) is 5.92 Å². The quantitative estimate of drug-likeness (QED) is 0.430. The van der Waals surface area contributed by atoms with Crippen LogP contribution in [0.25, 0.3) is 0 Å². The SMILES string of the molecule is O=C(c1ccc2c(c1)OCCO2)C1CCN(C(=O)c2ccccc2OCc2ccc(Cl)cc2)CC1. The van der Waals surface area contributed by atoms with Crippen molar-refractivity contribution >= 4 is 23.3 Å². The Hall–Kier alpha value is -3.51. The first-order chi connectivity index (χ1) is 17.1. The highest BCUT2D eigenvalue weighted by Gasteiger charge is 2.30. The number of ether oxygens (including phenoxy) is 3. The van der Waals surface area contributed by atoms with Gasteiger partial charge in [0.1, 0.15) is 25.6 Å². The predicted octanol–water partition coefficient (Wildman–Crippen LogP) is 5.43. The largest absolute Gasteiger partial charge is 0.488 e. The van der Waals surface area contributed by atoms with E-state index in [0.29, 0.717) is 79.1 Å². The Labute approximate surface area is 209 Å². The van der Waals surface area contributed by atoms with Crippen molar-refractivity contribution in [3.05, 3.63) is 88.4 Å². The monoisotopic (exact) mass is 491 g/mol. The molecule has 0 aromatic heterocycles. The number of hydrogen-bond donors (Lipinski definition) is 0. The van der Waals surface area contributed by atoms with E-state index in [1.165, 1.54) is 0 Å². The summed E-state index contributed by atoms with van der Waals surface area (Å²) in [5, 5.41) is 0.667. The molecule has 0 unspecified atom stereocenters. The van der Waals surface area contributed by atoms with E-state index in [1.807, 2.05) is 36.4 Å². The van der Waals surface area contributed by atoms with Gasteiger partial charge in [-0.05, 0) is 60.9 Å². The van der Waals surface area contributed by atoms with Gasteiger partial charge >= 0.3 is 0 Å². The fourth-order valence-corrected chi connectivity index (χ4v) is 4.58.